The van der Waals surface area contributed by atoms with Crippen molar-refractivity contribution < 1.29 is 27.9 Å². The summed E-state index contributed by atoms with van der Waals surface area (Å²) in [7, 11) is 1.65. The number of amides is 1. The Hall–Kier alpha value is -2.06. The maximum absolute atomic E-state index is 13.0. The predicted octanol–water partition coefficient (Wildman–Crippen LogP) is 1.88. The molecule has 1 saturated heterocycles. The van der Waals surface area contributed by atoms with E-state index in [1.807, 2.05) is 13.8 Å². The highest BCUT2D eigenvalue weighted by atomic mass is 19.4. The summed E-state index contributed by atoms with van der Waals surface area (Å²) in [5.41, 5.74) is 0.804. The van der Waals surface area contributed by atoms with Gasteiger partial charge in [0.2, 0.25) is 0 Å². The second-order valence-corrected chi connectivity index (χ2v) is 6.04. The van der Waals surface area contributed by atoms with Gasteiger partial charge in [0.05, 0.1) is 11.8 Å². The Labute approximate surface area is 130 Å². The Bertz CT molecular complexity index is 625. The van der Waals surface area contributed by atoms with Crippen LogP contribution >= 0.6 is 0 Å². The summed E-state index contributed by atoms with van der Waals surface area (Å²) in [5.74, 6) is -5.83. The van der Waals surface area contributed by atoms with Gasteiger partial charge in [-0.1, -0.05) is 13.8 Å². The van der Waals surface area contributed by atoms with Crippen molar-refractivity contribution in [2.24, 2.45) is 18.9 Å². The van der Waals surface area contributed by atoms with Crippen LogP contribution < -0.4 is 0 Å². The van der Waals surface area contributed by atoms with Crippen molar-refractivity contribution in [2.75, 3.05) is 13.1 Å². The number of carboxylic acids is 1. The number of hydrogen-bond acceptors (Lipinski definition) is 3. The third-order valence-corrected chi connectivity index (χ3v) is 4.07. The molecule has 9 heteroatoms. The van der Waals surface area contributed by atoms with Gasteiger partial charge in [-0.15, -0.1) is 0 Å². The maximum Gasteiger partial charge on any atom is 0.394 e. The number of aryl methyl sites for hydroxylation is 1. The van der Waals surface area contributed by atoms with E-state index in [4.69, 9.17) is 5.11 Å². The highest BCUT2D eigenvalue weighted by Crippen LogP contribution is 2.38. The Kier molecular flexibility index (Phi) is 4.41. The third kappa shape index (κ3) is 3.32. The lowest BCUT2D eigenvalue weighted by atomic mass is 9.96. The van der Waals surface area contributed by atoms with Crippen LogP contribution in [0.3, 0.4) is 0 Å². The summed E-state index contributed by atoms with van der Waals surface area (Å²) in [5, 5.41) is 13.0. The quantitative estimate of drug-likeness (QED) is 0.916. The van der Waals surface area contributed by atoms with Crippen molar-refractivity contribution in [3.8, 4) is 0 Å². The fourth-order valence-corrected chi connectivity index (χ4v) is 2.84. The molecular weight excluding hydrogens is 315 g/mol. The number of aliphatic carboxylic acids is 1. The zero-order valence-electron chi connectivity index (χ0n) is 13.0. The van der Waals surface area contributed by atoms with Crippen molar-refractivity contribution >= 4 is 11.9 Å². The van der Waals surface area contributed by atoms with Gasteiger partial charge in [0, 0.05) is 25.8 Å². The van der Waals surface area contributed by atoms with Crippen LogP contribution in [-0.2, 0) is 11.8 Å². The zero-order chi connectivity index (χ0) is 17.5. The molecule has 2 heterocycles. The normalized spacial score (nSPS) is 22.0. The molecule has 1 aromatic rings. The molecule has 0 spiro atoms. The van der Waals surface area contributed by atoms with Crippen molar-refractivity contribution in [3.05, 3.63) is 17.5 Å². The highest BCUT2D eigenvalue weighted by molar-refractivity contribution is 5.93. The minimum Gasteiger partial charge on any atom is -0.481 e. The van der Waals surface area contributed by atoms with E-state index >= 15 is 0 Å². The SMILES string of the molecule is CC(C)c1cc(C(=O)N2C[C@@H](C(F)(F)F)[C@H](C(=O)O)C2)nn1C. The van der Waals surface area contributed by atoms with E-state index in [1.165, 1.54) is 10.7 Å². The number of carboxylic acid groups (broad SMARTS) is 1. The van der Waals surface area contributed by atoms with Crippen LogP contribution in [0.1, 0.15) is 35.9 Å². The Morgan fingerprint density at radius 1 is 1.35 bits per heavy atom. The molecular formula is C14H18F3N3O3. The first kappa shape index (κ1) is 17.3. The molecule has 1 aliphatic rings. The van der Waals surface area contributed by atoms with E-state index in [2.05, 4.69) is 5.10 Å². The monoisotopic (exact) mass is 333 g/mol. The predicted molar refractivity (Wildman–Crippen MR) is 73.9 cm³/mol. The molecule has 2 atom stereocenters. The number of carbonyl (C=O) groups is 2. The molecule has 1 N–H and O–H groups in total. The highest BCUT2D eigenvalue weighted by Gasteiger charge is 2.53. The average molecular weight is 333 g/mol. The number of likely N-dealkylation sites (tertiary alicyclic amines) is 1. The first-order chi connectivity index (χ1) is 10.5. The minimum atomic E-state index is -4.66. The van der Waals surface area contributed by atoms with Gasteiger partial charge in [0.1, 0.15) is 0 Å². The van der Waals surface area contributed by atoms with E-state index < -0.39 is 43.0 Å². The molecule has 0 saturated carbocycles. The first-order valence-electron chi connectivity index (χ1n) is 7.15. The van der Waals surface area contributed by atoms with Crippen molar-refractivity contribution in [1.29, 1.82) is 0 Å². The lowest BCUT2D eigenvalue weighted by Crippen LogP contribution is -2.34. The van der Waals surface area contributed by atoms with Gasteiger partial charge in [0.15, 0.2) is 5.69 Å². The molecule has 1 aromatic heterocycles. The molecule has 0 aliphatic carbocycles. The zero-order valence-corrected chi connectivity index (χ0v) is 13.0. The van der Waals surface area contributed by atoms with E-state index in [-0.39, 0.29) is 11.6 Å². The van der Waals surface area contributed by atoms with Gasteiger partial charge < -0.3 is 10.0 Å². The van der Waals surface area contributed by atoms with Crippen LogP contribution in [0, 0.1) is 11.8 Å². The van der Waals surface area contributed by atoms with Gasteiger partial charge >= 0.3 is 12.1 Å². The lowest BCUT2D eigenvalue weighted by Gasteiger charge is -2.17. The second-order valence-electron chi connectivity index (χ2n) is 6.04. The number of halogens is 3. The van der Waals surface area contributed by atoms with Gasteiger partial charge in [-0.2, -0.15) is 18.3 Å². The number of nitrogens with zero attached hydrogens (tertiary/aromatic N) is 3. The molecule has 128 valence electrons. The molecule has 2 rings (SSSR count). The summed E-state index contributed by atoms with van der Waals surface area (Å²) in [6, 6.07) is 1.53. The molecule has 0 bridgehead atoms. The molecule has 6 nitrogen and oxygen atoms in total. The van der Waals surface area contributed by atoms with E-state index in [1.54, 1.807) is 7.05 Å². The van der Waals surface area contributed by atoms with Gasteiger partial charge in [-0.3, -0.25) is 14.3 Å². The number of rotatable bonds is 3. The molecule has 1 fully saturated rings. The number of carbonyl (C=O) groups excluding carboxylic acids is 1. The van der Waals surface area contributed by atoms with Crippen molar-refractivity contribution in [3.63, 3.8) is 0 Å². The van der Waals surface area contributed by atoms with Crippen LogP contribution in [0.25, 0.3) is 0 Å². The Morgan fingerprint density at radius 3 is 2.35 bits per heavy atom. The van der Waals surface area contributed by atoms with Crippen LogP contribution in [0.5, 0.6) is 0 Å². The number of alkyl halides is 3. The summed E-state index contributed by atoms with van der Waals surface area (Å²) in [6.45, 7) is 2.68. The molecule has 1 aliphatic heterocycles. The largest absolute Gasteiger partial charge is 0.481 e. The second kappa shape index (κ2) is 5.86. The summed E-state index contributed by atoms with van der Waals surface area (Å²) in [4.78, 5) is 24.3. The molecule has 0 unspecified atom stereocenters. The molecule has 0 aromatic carbocycles. The Morgan fingerprint density at radius 2 is 1.96 bits per heavy atom. The average Bonchev–Trinajstić information content (AvgIpc) is 3.00. The van der Waals surface area contributed by atoms with Gasteiger partial charge in [-0.05, 0) is 12.0 Å². The summed E-state index contributed by atoms with van der Waals surface area (Å²) >= 11 is 0. The Balaban J connectivity index is 2.24. The van der Waals surface area contributed by atoms with Crippen LogP contribution in [-0.4, -0.2) is 50.9 Å². The fraction of sp³-hybridized carbons (Fsp3) is 0.643. The lowest BCUT2D eigenvalue weighted by molar-refractivity contribution is -0.187. The van der Waals surface area contributed by atoms with Crippen LogP contribution in [0.2, 0.25) is 0 Å². The topological polar surface area (TPSA) is 75.4 Å². The maximum atomic E-state index is 13.0. The van der Waals surface area contributed by atoms with E-state index in [0.717, 1.165) is 10.6 Å². The first-order valence-corrected chi connectivity index (χ1v) is 7.15. The van der Waals surface area contributed by atoms with Gasteiger partial charge in [0.25, 0.3) is 5.91 Å². The van der Waals surface area contributed by atoms with Crippen LogP contribution in [0.4, 0.5) is 13.2 Å². The third-order valence-electron chi connectivity index (χ3n) is 4.07. The van der Waals surface area contributed by atoms with E-state index in [0.29, 0.717) is 0 Å². The van der Waals surface area contributed by atoms with Crippen molar-refractivity contribution in [1.82, 2.24) is 14.7 Å². The molecule has 23 heavy (non-hydrogen) atoms. The van der Waals surface area contributed by atoms with E-state index in [9.17, 15) is 22.8 Å². The summed E-state index contributed by atoms with van der Waals surface area (Å²) in [6.07, 6.45) is -4.66. The standard InChI is InChI=1S/C14H18F3N3O3/c1-7(2)11-4-10(18-19(11)3)12(21)20-5-8(13(22)23)9(6-20)14(15,16)17/h4,7-9H,5-6H2,1-3H3,(H,22,23)/t8-,9-/m1/s1. The number of aromatic nitrogens is 2. The van der Waals surface area contributed by atoms with Crippen LogP contribution in [0.15, 0.2) is 6.07 Å². The minimum absolute atomic E-state index is 0.0307. The van der Waals surface area contributed by atoms with Crippen molar-refractivity contribution in [2.45, 2.75) is 25.9 Å². The molecule has 0 radical (unpaired) electrons. The fourth-order valence-electron chi connectivity index (χ4n) is 2.84. The molecule has 1 amide bonds. The van der Waals surface area contributed by atoms with Gasteiger partial charge in [-0.25, -0.2) is 0 Å². The smallest absolute Gasteiger partial charge is 0.394 e. The number of hydrogen-bond donors (Lipinski definition) is 1. The summed E-state index contributed by atoms with van der Waals surface area (Å²) < 4.78 is 40.4.